The van der Waals surface area contributed by atoms with Crippen LogP contribution in [0.5, 0.6) is 0 Å². The number of nitrogens with zero attached hydrogens (tertiary/aromatic N) is 4. The molecule has 0 unspecified atom stereocenters. The number of pyridine rings is 1. The van der Waals surface area contributed by atoms with Crippen molar-refractivity contribution in [3.8, 4) is 0 Å². The summed E-state index contributed by atoms with van der Waals surface area (Å²) in [6.07, 6.45) is 8.57. The van der Waals surface area contributed by atoms with Crippen LogP contribution in [0.1, 0.15) is 61.8 Å². The molecule has 0 bridgehead atoms. The van der Waals surface area contributed by atoms with Crippen molar-refractivity contribution in [3.63, 3.8) is 0 Å². The minimum absolute atomic E-state index is 0.0131. The molecule has 11 nitrogen and oxygen atoms in total. The highest BCUT2D eigenvalue weighted by atomic mass is 16.5. The molecule has 37 heavy (non-hydrogen) atoms. The second-order valence-electron chi connectivity index (χ2n) is 10.1. The van der Waals surface area contributed by atoms with Gasteiger partial charge in [0.15, 0.2) is 5.65 Å². The third kappa shape index (κ3) is 5.19. The average molecular weight is 510 g/mol. The Morgan fingerprint density at radius 2 is 2.08 bits per heavy atom. The normalized spacial score (nSPS) is 22.6. The Labute approximate surface area is 215 Å². The highest BCUT2D eigenvalue weighted by molar-refractivity contribution is 6.00. The highest BCUT2D eigenvalue weighted by Gasteiger charge is 2.33. The number of rotatable bonds is 7. The molecule has 3 aromatic rings. The van der Waals surface area contributed by atoms with Crippen molar-refractivity contribution in [1.82, 2.24) is 24.5 Å². The average Bonchev–Trinajstić information content (AvgIpc) is 3.34. The van der Waals surface area contributed by atoms with E-state index in [1.165, 1.54) is 6.20 Å². The summed E-state index contributed by atoms with van der Waals surface area (Å²) in [5.74, 6) is 0.850. The van der Waals surface area contributed by atoms with Crippen molar-refractivity contribution in [2.45, 2.75) is 63.1 Å². The molecular formula is C26H35N7O4. The third-order valence-corrected chi connectivity index (χ3v) is 7.56. The highest BCUT2D eigenvalue weighted by Crippen LogP contribution is 2.31. The van der Waals surface area contributed by atoms with Gasteiger partial charge in [-0.05, 0) is 57.6 Å². The summed E-state index contributed by atoms with van der Waals surface area (Å²) in [6.45, 7) is 3.38. The number of amides is 1. The van der Waals surface area contributed by atoms with Crippen LogP contribution in [-0.2, 0) is 9.47 Å². The van der Waals surface area contributed by atoms with Gasteiger partial charge < -0.3 is 30.0 Å². The topological polar surface area (TPSA) is 124 Å². The monoisotopic (exact) mass is 509 g/mol. The van der Waals surface area contributed by atoms with E-state index in [-0.39, 0.29) is 29.2 Å². The fraction of sp³-hybridized carbons (Fsp3) is 0.538. The van der Waals surface area contributed by atoms with Crippen molar-refractivity contribution in [2.24, 2.45) is 0 Å². The van der Waals surface area contributed by atoms with E-state index in [4.69, 9.17) is 9.47 Å². The lowest BCUT2D eigenvalue weighted by Crippen LogP contribution is -2.45. The van der Waals surface area contributed by atoms with Crippen molar-refractivity contribution in [1.29, 1.82) is 0 Å². The van der Waals surface area contributed by atoms with Crippen LogP contribution in [0.3, 0.4) is 0 Å². The minimum Gasteiger partial charge on any atom is -0.381 e. The fourth-order valence-corrected chi connectivity index (χ4v) is 5.38. The van der Waals surface area contributed by atoms with Crippen molar-refractivity contribution in [2.75, 3.05) is 38.0 Å². The molecule has 1 saturated carbocycles. The summed E-state index contributed by atoms with van der Waals surface area (Å²) in [4.78, 5) is 31.2. The first-order chi connectivity index (χ1) is 17.9. The van der Waals surface area contributed by atoms with Gasteiger partial charge in [0.05, 0.1) is 11.8 Å². The van der Waals surface area contributed by atoms with Crippen LogP contribution in [-0.4, -0.2) is 64.1 Å². The van der Waals surface area contributed by atoms with E-state index >= 15 is 0 Å². The Balaban J connectivity index is 1.42. The molecule has 3 N–H and O–H groups in total. The molecule has 2 aliphatic rings. The smallest absolute Gasteiger partial charge is 0.274 e. The van der Waals surface area contributed by atoms with Gasteiger partial charge in [0.2, 0.25) is 0 Å². The van der Waals surface area contributed by atoms with E-state index in [1.807, 2.05) is 12.3 Å². The molecule has 1 amide bonds. The zero-order valence-electron chi connectivity index (χ0n) is 21.6. The van der Waals surface area contributed by atoms with E-state index in [0.29, 0.717) is 41.7 Å². The summed E-state index contributed by atoms with van der Waals surface area (Å²) < 4.78 is 14.5. The number of carbonyl (C=O) groups excluding carboxylic acids is 1. The lowest BCUT2D eigenvalue weighted by Gasteiger charge is -2.37. The molecule has 4 heterocycles. The predicted octanol–water partition coefficient (Wildman–Crippen LogP) is 3.11. The van der Waals surface area contributed by atoms with Crippen molar-refractivity contribution < 1.29 is 14.3 Å². The second kappa shape index (κ2) is 10.5. The van der Waals surface area contributed by atoms with Crippen LogP contribution in [0.2, 0.25) is 0 Å². The van der Waals surface area contributed by atoms with Crippen molar-refractivity contribution >= 4 is 28.9 Å². The maximum Gasteiger partial charge on any atom is 0.274 e. The van der Waals surface area contributed by atoms with Crippen LogP contribution >= 0.6 is 0 Å². The third-order valence-electron chi connectivity index (χ3n) is 7.56. The van der Waals surface area contributed by atoms with Crippen LogP contribution in [0.15, 0.2) is 35.4 Å². The SMILES string of the molecule is CNc1cc(Nc2cccn(C3CCOCC3)c2=O)nc2c(C(=O)N[C@@H]3CCC[C@@](C)(OC)C3)cnn12. The Morgan fingerprint density at radius 1 is 1.27 bits per heavy atom. The number of ether oxygens (including phenoxy) is 2. The molecule has 198 valence electrons. The number of methoxy groups -OCH3 is 1. The number of nitrogens with one attached hydrogen (secondary N) is 3. The number of fused-ring (bicyclic) bond motifs is 1. The summed E-state index contributed by atoms with van der Waals surface area (Å²) in [5, 5.41) is 13.8. The standard InChI is InChI=1S/C26H35N7O4/c1-26(36-3)10-4-6-17(15-26)29-24(34)19-16-28-33-22(27-2)14-21(31-23(19)33)30-20-7-5-11-32(25(20)35)18-8-12-37-13-9-18/h5,7,11,14,16-18,27H,4,6,8-10,12-13,15H2,1-3H3,(H,29,34)(H,30,31)/t17-,26-/m1/s1. The van der Waals surface area contributed by atoms with E-state index in [0.717, 1.165) is 38.5 Å². The van der Waals surface area contributed by atoms with Gasteiger partial charge in [0.25, 0.3) is 11.5 Å². The van der Waals surface area contributed by atoms with E-state index in [1.54, 1.807) is 35.4 Å². The van der Waals surface area contributed by atoms with Gasteiger partial charge in [0, 0.05) is 51.7 Å². The number of aromatic nitrogens is 4. The molecule has 5 rings (SSSR count). The fourth-order valence-electron chi connectivity index (χ4n) is 5.38. The molecule has 1 aliphatic heterocycles. The Morgan fingerprint density at radius 3 is 2.84 bits per heavy atom. The molecular weight excluding hydrogens is 474 g/mol. The first-order valence-electron chi connectivity index (χ1n) is 12.9. The van der Waals surface area contributed by atoms with Crippen LogP contribution in [0.4, 0.5) is 17.3 Å². The number of carbonyl (C=O) groups is 1. The molecule has 11 heteroatoms. The molecule has 2 atom stereocenters. The van der Waals surface area contributed by atoms with Crippen LogP contribution in [0, 0.1) is 0 Å². The number of anilines is 3. The predicted molar refractivity (Wildman–Crippen MR) is 141 cm³/mol. The van der Waals surface area contributed by atoms with Crippen LogP contribution < -0.4 is 21.5 Å². The van der Waals surface area contributed by atoms with Gasteiger partial charge in [-0.1, -0.05) is 0 Å². The maximum absolute atomic E-state index is 13.3. The molecule has 3 aromatic heterocycles. The van der Waals surface area contributed by atoms with E-state index in [9.17, 15) is 9.59 Å². The Bertz CT molecular complexity index is 1330. The Kier molecular flexibility index (Phi) is 7.16. The number of hydrogen-bond donors (Lipinski definition) is 3. The zero-order valence-corrected chi connectivity index (χ0v) is 21.6. The maximum atomic E-state index is 13.3. The summed E-state index contributed by atoms with van der Waals surface area (Å²) in [6, 6.07) is 5.48. The molecule has 0 radical (unpaired) electrons. The summed E-state index contributed by atoms with van der Waals surface area (Å²) >= 11 is 0. The first-order valence-corrected chi connectivity index (χ1v) is 12.9. The number of hydrogen-bond acceptors (Lipinski definition) is 8. The van der Waals surface area contributed by atoms with Gasteiger partial charge in [-0.2, -0.15) is 9.61 Å². The summed E-state index contributed by atoms with van der Waals surface area (Å²) in [7, 11) is 3.49. The minimum atomic E-state index is -0.237. The van der Waals surface area contributed by atoms with Gasteiger partial charge in [0.1, 0.15) is 22.9 Å². The van der Waals surface area contributed by atoms with Crippen LogP contribution in [0.25, 0.3) is 5.65 Å². The van der Waals surface area contributed by atoms with Gasteiger partial charge in [-0.15, -0.1) is 0 Å². The first kappa shape index (κ1) is 25.2. The molecule has 0 spiro atoms. The van der Waals surface area contributed by atoms with Gasteiger partial charge in [-0.3, -0.25) is 9.59 Å². The molecule has 0 aromatic carbocycles. The summed E-state index contributed by atoms with van der Waals surface area (Å²) in [5.41, 5.74) is 0.834. The lowest BCUT2D eigenvalue weighted by atomic mass is 9.83. The largest absolute Gasteiger partial charge is 0.381 e. The van der Waals surface area contributed by atoms with E-state index < -0.39 is 0 Å². The molecule has 1 aliphatic carbocycles. The molecule has 2 fully saturated rings. The van der Waals surface area contributed by atoms with Gasteiger partial charge in [-0.25, -0.2) is 4.98 Å². The second-order valence-corrected chi connectivity index (χ2v) is 10.1. The lowest BCUT2D eigenvalue weighted by molar-refractivity contribution is -0.0314. The Hall–Kier alpha value is -3.44. The van der Waals surface area contributed by atoms with Gasteiger partial charge >= 0.3 is 0 Å². The van der Waals surface area contributed by atoms with E-state index in [2.05, 4.69) is 33.0 Å². The van der Waals surface area contributed by atoms with Crippen molar-refractivity contribution in [3.05, 3.63) is 46.5 Å². The zero-order chi connectivity index (χ0) is 26.0. The molecule has 1 saturated heterocycles. The quantitative estimate of drug-likeness (QED) is 0.444.